The molecule has 0 saturated heterocycles. The number of nitrogen functional groups attached to an aromatic ring is 2. The molecule has 0 radical (unpaired) electrons. The first-order valence-electron chi connectivity index (χ1n) is 9.73. The molecule has 7 N–H and O–H groups in total. The van der Waals surface area contributed by atoms with Gasteiger partial charge in [-0.05, 0) is 25.3 Å². The van der Waals surface area contributed by atoms with Gasteiger partial charge in [-0.3, -0.25) is 4.79 Å². The van der Waals surface area contributed by atoms with Gasteiger partial charge < -0.3 is 27.4 Å². The van der Waals surface area contributed by atoms with Gasteiger partial charge in [-0.15, -0.1) is 0 Å². The highest BCUT2D eigenvalue weighted by molar-refractivity contribution is 6.01. The molecule has 148 valence electrons. The number of para-hydroxylation sites is 1. The number of nitrogens with one attached hydrogen (secondary N) is 1. The zero-order chi connectivity index (χ0) is 19.6. The van der Waals surface area contributed by atoms with Crippen LogP contribution in [0.3, 0.4) is 0 Å². The highest BCUT2D eigenvalue weighted by Crippen LogP contribution is 2.35. The fraction of sp³-hybridized carbons (Fsp3) is 0.500. The van der Waals surface area contributed by atoms with Crippen molar-refractivity contribution in [1.82, 2.24) is 10.3 Å². The SMILES string of the molecule is CCCCCN(CCCCNC(=O)CN)c1c(N)c(N)nc2ccccc12. The van der Waals surface area contributed by atoms with Crippen LogP contribution in [0.1, 0.15) is 39.0 Å². The summed E-state index contributed by atoms with van der Waals surface area (Å²) in [6.07, 6.45) is 5.24. The Kier molecular flexibility index (Phi) is 8.13. The molecule has 0 bridgehead atoms. The molecule has 0 atom stereocenters. The Morgan fingerprint density at radius 1 is 1.11 bits per heavy atom. The number of nitrogens with zero attached hydrogens (tertiary/aromatic N) is 2. The van der Waals surface area contributed by atoms with Crippen molar-refractivity contribution in [2.45, 2.75) is 39.0 Å². The molecule has 0 unspecified atom stereocenters. The number of carbonyl (C=O) groups excluding carboxylic acids is 1. The quantitative estimate of drug-likeness (QED) is 0.449. The van der Waals surface area contributed by atoms with Crippen LogP contribution in [0.5, 0.6) is 0 Å². The first-order chi connectivity index (χ1) is 13.1. The van der Waals surface area contributed by atoms with Crippen LogP contribution in [0.15, 0.2) is 24.3 Å². The fourth-order valence-electron chi connectivity index (χ4n) is 3.18. The average Bonchev–Trinajstić information content (AvgIpc) is 2.67. The van der Waals surface area contributed by atoms with Crippen molar-refractivity contribution in [3.05, 3.63) is 24.3 Å². The Bertz CT molecular complexity index is 749. The maximum atomic E-state index is 11.2. The Balaban J connectivity index is 2.17. The Morgan fingerprint density at radius 2 is 1.81 bits per heavy atom. The highest BCUT2D eigenvalue weighted by Gasteiger charge is 2.17. The summed E-state index contributed by atoms with van der Waals surface area (Å²) < 4.78 is 0. The monoisotopic (exact) mass is 372 g/mol. The summed E-state index contributed by atoms with van der Waals surface area (Å²) in [5, 5.41) is 3.84. The molecule has 1 amide bonds. The number of hydrogen-bond donors (Lipinski definition) is 4. The number of amides is 1. The molecule has 0 aliphatic carbocycles. The van der Waals surface area contributed by atoms with E-state index in [0.29, 0.717) is 18.1 Å². The zero-order valence-electron chi connectivity index (χ0n) is 16.2. The lowest BCUT2D eigenvalue weighted by Crippen LogP contribution is -2.32. The number of hydrogen-bond acceptors (Lipinski definition) is 6. The highest BCUT2D eigenvalue weighted by atomic mass is 16.1. The average molecular weight is 373 g/mol. The number of aromatic nitrogens is 1. The summed E-state index contributed by atoms with van der Waals surface area (Å²) in [7, 11) is 0. The van der Waals surface area contributed by atoms with E-state index in [0.717, 1.165) is 55.4 Å². The molecular formula is C20H32N6O. The smallest absolute Gasteiger partial charge is 0.233 e. The first-order valence-corrected chi connectivity index (χ1v) is 9.73. The second-order valence-corrected chi connectivity index (χ2v) is 6.73. The second-order valence-electron chi connectivity index (χ2n) is 6.73. The largest absolute Gasteiger partial charge is 0.394 e. The molecule has 7 heteroatoms. The summed E-state index contributed by atoms with van der Waals surface area (Å²) >= 11 is 0. The second kappa shape index (κ2) is 10.6. The standard InChI is InChI=1S/C20H32N6O/c1-2-3-7-12-26(13-8-6-11-24-17(27)14-21)19-15-9-4-5-10-16(15)25-20(23)18(19)22/h4-5,9-10H,2-3,6-8,11-14,21-22H2,1H3,(H2,23,25)(H,24,27). The lowest BCUT2D eigenvalue weighted by Gasteiger charge is -2.28. The minimum absolute atomic E-state index is 0.0297. The number of anilines is 3. The van der Waals surface area contributed by atoms with E-state index in [1.807, 2.05) is 24.3 Å². The van der Waals surface area contributed by atoms with Crippen molar-refractivity contribution in [3.63, 3.8) is 0 Å². The molecule has 2 rings (SSSR count). The zero-order valence-corrected chi connectivity index (χ0v) is 16.2. The van der Waals surface area contributed by atoms with E-state index < -0.39 is 0 Å². The predicted molar refractivity (Wildman–Crippen MR) is 114 cm³/mol. The van der Waals surface area contributed by atoms with Crippen molar-refractivity contribution in [2.75, 3.05) is 42.5 Å². The lowest BCUT2D eigenvalue weighted by atomic mass is 10.1. The Labute approximate surface area is 161 Å². The molecule has 0 aliphatic rings. The van der Waals surface area contributed by atoms with Crippen LogP contribution in [0.25, 0.3) is 10.9 Å². The molecule has 1 heterocycles. The van der Waals surface area contributed by atoms with Crippen LogP contribution in [0.4, 0.5) is 17.2 Å². The number of pyridine rings is 1. The van der Waals surface area contributed by atoms with Gasteiger partial charge in [0, 0.05) is 25.0 Å². The third kappa shape index (κ3) is 5.72. The molecule has 7 nitrogen and oxygen atoms in total. The minimum atomic E-state index is -0.119. The van der Waals surface area contributed by atoms with Gasteiger partial charge in [0.25, 0.3) is 0 Å². The first kappa shape index (κ1) is 20.8. The van der Waals surface area contributed by atoms with E-state index in [2.05, 4.69) is 22.1 Å². The van der Waals surface area contributed by atoms with Gasteiger partial charge >= 0.3 is 0 Å². The number of rotatable bonds is 11. The Hall–Kier alpha value is -2.54. The summed E-state index contributed by atoms with van der Waals surface area (Å²) in [6.45, 7) is 4.62. The van der Waals surface area contributed by atoms with Gasteiger partial charge in [0.15, 0.2) is 0 Å². The van der Waals surface area contributed by atoms with Crippen molar-refractivity contribution in [3.8, 4) is 0 Å². The van der Waals surface area contributed by atoms with Crippen molar-refractivity contribution in [2.24, 2.45) is 5.73 Å². The third-order valence-corrected chi connectivity index (χ3v) is 4.64. The van der Waals surface area contributed by atoms with Crippen molar-refractivity contribution in [1.29, 1.82) is 0 Å². The molecule has 0 fully saturated rings. The number of nitrogens with two attached hydrogens (primary N) is 3. The van der Waals surface area contributed by atoms with Crippen molar-refractivity contribution < 1.29 is 4.79 Å². The normalized spacial score (nSPS) is 10.9. The van der Waals surface area contributed by atoms with Crippen LogP contribution in [0.2, 0.25) is 0 Å². The number of benzene rings is 1. The van der Waals surface area contributed by atoms with Gasteiger partial charge in [-0.2, -0.15) is 0 Å². The summed E-state index contributed by atoms with van der Waals surface area (Å²) in [6, 6.07) is 7.95. The predicted octanol–water partition coefficient (Wildman–Crippen LogP) is 2.25. The van der Waals surface area contributed by atoms with E-state index in [4.69, 9.17) is 17.2 Å². The van der Waals surface area contributed by atoms with Gasteiger partial charge in [-0.1, -0.05) is 38.0 Å². The van der Waals surface area contributed by atoms with Crippen LogP contribution < -0.4 is 27.4 Å². The Morgan fingerprint density at radius 3 is 2.52 bits per heavy atom. The molecule has 0 spiro atoms. The van der Waals surface area contributed by atoms with E-state index >= 15 is 0 Å². The molecular weight excluding hydrogens is 340 g/mol. The van der Waals surface area contributed by atoms with Gasteiger partial charge in [0.2, 0.25) is 5.91 Å². The third-order valence-electron chi connectivity index (χ3n) is 4.64. The molecule has 1 aromatic heterocycles. The lowest BCUT2D eigenvalue weighted by molar-refractivity contribution is -0.119. The van der Waals surface area contributed by atoms with Crippen LogP contribution >= 0.6 is 0 Å². The number of carbonyl (C=O) groups is 1. The molecule has 0 saturated carbocycles. The van der Waals surface area contributed by atoms with Gasteiger partial charge in [-0.25, -0.2) is 4.98 Å². The van der Waals surface area contributed by atoms with Crippen LogP contribution in [-0.2, 0) is 4.79 Å². The van der Waals surface area contributed by atoms with E-state index in [1.165, 1.54) is 6.42 Å². The molecule has 0 aliphatic heterocycles. The summed E-state index contributed by atoms with van der Waals surface area (Å²) in [5.41, 5.74) is 20.1. The van der Waals surface area contributed by atoms with E-state index in [1.54, 1.807) is 0 Å². The maximum Gasteiger partial charge on any atom is 0.233 e. The van der Waals surface area contributed by atoms with Crippen LogP contribution in [0, 0.1) is 0 Å². The summed E-state index contributed by atoms with van der Waals surface area (Å²) in [5.74, 6) is 0.256. The molecule has 2 aromatic rings. The van der Waals surface area contributed by atoms with Crippen LogP contribution in [-0.4, -0.2) is 37.1 Å². The maximum absolute atomic E-state index is 11.2. The summed E-state index contributed by atoms with van der Waals surface area (Å²) in [4.78, 5) is 18.0. The topological polar surface area (TPSA) is 123 Å². The molecule has 1 aromatic carbocycles. The number of unbranched alkanes of at least 4 members (excludes halogenated alkanes) is 3. The van der Waals surface area contributed by atoms with Crippen molar-refractivity contribution >= 4 is 34.0 Å². The number of fused-ring (bicyclic) bond motifs is 1. The van der Waals surface area contributed by atoms with Gasteiger partial charge in [0.05, 0.1) is 23.4 Å². The molecule has 27 heavy (non-hydrogen) atoms. The minimum Gasteiger partial charge on any atom is -0.394 e. The fourth-order valence-corrected chi connectivity index (χ4v) is 3.18. The van der Waals surface area contributed by atoms with Gasteiger partial charge in [0.1, 0.15) is 5.82 Å². The van der Waals surface area contributed by atoms with E-state index in [9.17, 15) is 4.79 Å². The van der Waals surface area contributed by atoms with E-state index in [-0.39, 0.29) is 12.5 Å².